The second kappa shape index (κ2) is 5.49. The van der Waals surface area contributed by atoms with E-state index in [4.69, 9.17) is 20.8 Å². The second-order valence-electron chi connectivity index (χ2n) is 3.85. The van der Waals surface area contributed by atoms with E-state index in [0.29, 0.717) is 24.1 Å². The Morgan fingerprint density at radius 2 is 2.29 bits per heavy atom. The zero-order valence-corrected chi connectivity index (χ0v) is 10.7. The molecule has 0 aliphatic carbocycles. The molecule has 1 heterocycles. The molecule has 0 bridgehead atoms. The topological polar surface area (TPSA) is 47.3 Å². The van der Waals surface area contributed by atoms with Crippen molar-refractivity contribution in [1.29, 1.82) is 0 Å². The second-order valence-corrected chi connectivity index (χ2v) is 4.28. The van der Waals surface area contributed by atoms with Crippen LogP contribution in [0.15, 0.2) is 16.5 Å². The van der Waals surface area contributed by atoms with Crippen molar-refractivity contribution in [2.24, 2.45) is 0 Å². The van der Waals surface area contributed by atoms with E-state index in [1.807, 2.05) is 19.1 Å². The smallest absolute Gasteiger partial charge is 0.209 e. The van der Waals surface area contributed by atoms with Crippen LogP contribution in [0.3, 0.4) is 0 Å². The SMILES string of the molecule is COCCNCc1nc2cc(Cl)cc(C)c2o1. The summed E-state index contributed by atoms with van der Waals surface area (Å²) in [7, 11) is 1.67. The maximum Gasteiger partial charge on any atom is 0.209 e. The molecule has 0 unspecified atom stereocenters. The van der Waals surface area contributed by atoms with Gasteiger partial charge in [0.2, 0.25) is 5.89 Å². The lowest BCUT2D eigenvalue weighted by Crippen LogP contribution is -2.18. The molecule has 0 atom stereocenters. The number of rotatable bonds is 5. The number of methoxy groups -OCH3 is 1. The number of hydrogen-bond donors (Lipinski definition) is 1. The Labute approximate surface area is 105 Å². The summed E-state index contributed by atoms with van der Waals surface area (Å²) in [6.45, 7) is 4.00. The Kier molecular flexibility index (Phi) is 3.99. The Hall–Kier alpha value is -1.10. The highest BCUT2D eigenvalue weighted by atomic mass is 35.5. The average Bonchev–Trinajstić information content (AvgIpc) is 2.67. The van der Waals surface area contributed by atoms with Gasteiger partial charge >= 0.3 is 0 Å². The van der Waals surface area contributed by atoms with Gasteiger partial charge in [-0.05, 0) is 24.6 Å². The highest BCUT2D eigenvalue weighted by Gasteiger charge is 2.08. The first kappa shape index (κ1) is 12.4. The number of ether oxygens (including phenoxy) is 1. The number of aromatic nitrogens is 1. The molecule has 2 rings (SSSR count). The lowest BCUT2D eigenvalue weighted by atomic mass is 10.2. The minimum Gasteiger partial charge on any atom is -0.439 e. The summed E-state index contributed by atoms with van der Waals surface area (Å²) in [6.07, 6.45) is 0. The van der Waals surface area contributed by atoms with Crippen LogP contribution in [0.25, 0.3) is 11.1 Å². The van der Waals surface area contributed by atoms with Crippen LogP contribution in [-0.2, 0) is 11.3 Å². The van der Waals surface area contributed by atoms with Gasteiger partial charge in [0.25, 0.3) is 0 Å². The zero-order valence-electron chi connectivity index (χ0n) is 9.92. The number of fused-ring (bicyclic) bond motifs is 1. The van der Waals surface area contributed by atoms with Crippen molar-refractivity contribution in [3.63, 3.8) is 0 Å². The molecule has 1 N–H and O–H groups in total. The van der Waals surface area contributed by atoms with Crippen molar-refractivity contribution < 1.29 is 9.15 Å². The highest BCUT2D eigenvalue weighted by molar-refractivity contribution is 6.31. The van der Waals surface area contributed by atoms with Gasteiger partial charge in [-0.1, -0.05) is 11.6 Å². The fourth-order valence-electron chi connectivity index (χ4n) is 1.65. The number of nitrogens with zero attached hydrogens (tertiary/aromatic N) is 1. The van der Waals surface area contributed by atoms with Crippen LogP contribution < -0.4 is 5.32 Å². The van der Waals surface area contributed by atoms with Gasteiger partial charge < -0.3 is 14.5 Å². The predicted octanol–water partition coefficient (Wildman–Crippen LogP) is 2.53. The van der Waals surface area contributed by atoms with Gasteiger partial charge in [-0.25, -0.2) is 4.98 Å². The van der Waals surface area contributed by atoms with Crippen molar-refractivity contribution in [3.8, 4) is 0 Å². The average molecular weight is 255 g/mol. The quantitative estimate of drug-likeness (QED) is 0.833. The lowest BCUT2D eigenvalue weighted by Gasteiger charge is -1.99. The highest BCUT2D eigenvalue weighted by Crippen LogP contribution is 2.24. The van der Waals surface area contributed by atoms with Gasteiger partial charge in [0.1, 0.15) is 5.52 Å². The molecule has 0 aliphatic heterocycles. The van der Waals surface area contributed by atoms with E-state index in [1.165, 1.54) is 0 Å². The van der Waals surface area contributed by atoms with Crippen LogP contribution in [-0.4, -0.2) is 25.2 Å². The molecule has 0 saturated heterocycles. The van der Waals surface area contributed by atoms with E-state index in [1.54, 1.807) is 7.11 Å². The molecule has 0 saturated carbocycles. The summed E-state index contributed by atoms with van der Waals surface area (Å²) in [5.41, 5.74) is 2.61. The summed E-state index contributed by atoms with van der Waals surface area (Å²) in [6, 6.07) is 3.68. The Bertz CT molecular complexity index is 510. The zero-order chi connectivity index (χ0) is 12.3. The molecule has 1 aromatic heterocycles. The Morgan fingerprint density at radius 1 is 1.47 bits per heavy atom. The third kappa shape index (κ3) is 2.97. The third-order valence-corrected chi connectivity index (χ3v) is 2.66. The number of halogens is 1. The summed E-state index contributed by atoms with van der Waals surface area (Å²) in [5, 5.41) is 3.87. The van der Waals surface area contributed by atoms with Crippen LogP contribution in [0, 0.1) is 6.92 Å². The number of benzene rings is 1. The van der Waals surface area contributed by atoms with Gasteiger partial charge in [0.05, 0.1) is 13.2 Å². The summed E-state index contributed by atoms with van der Waals surface area (Å²) in [4.78, 5) is 4.38. The van der Waals surface area contributed by atoms with Crippen LogP contribution in [0.4, 0.5) is 0 Å². The predicted molar refractivity (Wildman–Crippen MR) is 67.3 cm³/mol. The van der Waals surface area contributed by atoms with E-state index in [-0.39, 0.29) is 0 Å². The van der Waals surface area contributed by atoms with E-state index >= 15 is 0 Å². The molecule has 0 aliphatic rings. The minimum absolute atomic E-state index is 0.592. The van der Waals surface area contributed by atoms with Crippen molar-refractivity contribution in [1.82, 2.24) is 10.3 Å². The van der Waals surface area contributed by atoms with Crippen molar-refractivity contribution in [2.75, 3.05) is 20.3 Å². The van der Waals surface area contributed by atoms with E-state index in [9.17, 15) is 0 Å². The molecule has 92 valence electrons. The van der Waals surface area contributed by atoms with E-state index in [2.05, 4.69) is 10.3 Å². The molecule has 17 heavy (non-hydrogen) atoms. The van der Waals surface area contributed by atoms with Crippen molar-refractivity contribution >= 4 is 22.7 Å². The number of oxazole rings is 1. The molecule has 1 aromatic carbocycles. The molecule has 2 aromatic rings. The first-order valence-corrected chi connectivity index (χ1v) is 5.83. The van der Waals surface area contributed by atoms with Crippen LogP contribution >= 0.6 is 11.6 Å². The lowest BCUT2D eigenvalue weighted by molar-refractivity contribution is 0.198. The largest absolute Gasteiger partial charge is 0.439 e. The first-order valence-electron chi connectivity index (χ1n) is 5.46. The minimum atomic E-state index is 0.592. The molecule has 0 radical (unpaired) electrons. The Balaban J connectivity index is 2.12. The fraction of sp³-hybridized carbons (Fsp3) is 0.417. The van der Waals surface area contributed by atoms with Crippen molar-refractivity contribution in [3.05, 3.63) is 28.6 Å². The third-order valence-electron chi connectivity index (χ3n) is 2.44. The fourth-order valence-corrected chi connectivity index (χ4v) is 1.92. The molecule has 0 amide bonds. The maximum atomic E-state index is 5.96. The first-order chi connectivity index (χ1) is 8.20. The van der Waals surface area contributed by atoms with Crippen LogP contribution in [0.1, 0.15) is 11.5 Å². The molecule has 0 spiro atoms. The summed E-state index contributed by atoms with van der Waals surface area (Å²) < 4.78 is 10.6. The van der Waals surface area contributed by atoms with Crippen molar-refractivity contribution in [2.45, 2.75) is 13.5 Å². The standard InChI is InChI=1S/C12H15ClN2O2/c1-8-5-9(13)6-10-12(8)17-11(15-10)7-14-3-4-16-2/h5-6,14H,3-4,7H2,1-2H3. The van der Waals surface area contributed by atoms with E-state index < -0.39 is 0 Å². The molecule has 5 heteroatoms. The molecule has 4 nitrogen and oxygen atoms in total. The molecular weight excluding hydrogens is 240 g/mol. The number of nitrogens with one attached hydrogen (secondary N) is 1. The molecular formula is C12H15ClN2O2. The summed E-state index contributed by atoms with van der Waals surface area (Å²) in [5.74, 6) is 0.668. The Morgan fingerprint density at radius 3 is 3.06 bits per heavy atom. The number of hydrogen-bond acceptors (Lipinski definition) is 4. The van der Waals surface area contributed by atoms with Crippen LogP contribution in [0.5, 0.6) is 0 Å². The normalized spacial score (nSPS) is 11.2. The van der Waals surface area contributed by atoms with Gasteiger partial charge in [-0.2, -0.15) is 0 Å². The monoisotopic (exact) mass is 254 g/mol. The van der Waals surface area contributed by atoms with E-state index in [0.717, 1.165) is 23.2 Å². The molecule has 0 fully saturated rings. The van der Waals surface area contributed by atoms with Gasteiger partial charge in [-0.3, -0.25) is 0 Å². The van der Waals surface area contributed by atoms with Gasteiger partial charge in [-0.15, -0.1) is 0 Å². The van der Waals surface area contributed by atoms with Crippen LogP contribution in [0.2, 0.25) is 5.02 Å². The summed E-state index contributed by atoms with van der Waals surface area (Å²) >= 11 is 5.96. The maximum absolute atomic E-state index is 5.96. The van der Waals surface area contributed by atoms with Gasteiger partial charge in [0, 0.05) is 18.7 Å². The number of aryl methyl sites for hydroxylation is 1. The van der Waals surface area contributed by atoms with Gasteiger partial charge in [0.15, 0.2) is 5.58 Å².